The fourth-order valence-electron chi connectivity index (χ4n) is 3.22. The van der Waals surface area contributed by atoms with Crippen molar-refractivity contribution in [2.24, 2.45) is 0 Å². The number of nitrogens with one attached hydrogen (secondary N) is 1. The van der Waals surface area contributed by atoms with Crippen LogP contribution in [0.3, 0.4) is 0 Å². The lowest BCUT2D eigenvalue weighted by Gasteiger charge is -2.14. The Morgan fingerprint density at radius 2 is 2.04 bits per heavy atom. The Morgan fingerprint density at radius 1 is 1.27 bits per heavy atom. The number of aliphatic hydroxyl groups excluding tert-OH is 1. The Bertz CT molecular complexity index is 746. The van der Waals surface area contributed by atoms with Gasteiger partial charge in [-0.3, -0.25) is 4.79 Å². The monoisotopic (exact) mass is 355 g/mol. The molecule has 1 aliphatic carbocycles. The molecule has 3 rings (SSSR count). The average Bonchev–Trinajstić information content (AvgIpc) is 3.00. The molecule has 2 atom stereocenters. The largest absolute Gasteiger partial charge is 0.476 e. The molecule has 0 saturated heterocycles. The molecule has 6 heteroatoms. The van der Waals surface area contributed by atoms with Crippen molar-refractivity contribution in [1.29, 1.82) is 0 Å². The van der Waals surface area contributed by atoms with E-state index in [4.69, 9.17) is 4.74 Å². The normalized spacial score (nSPS) is 18.6. The summed E-state index contributed by atoms with van der Waals surface area (Å²) in [5.41, 5.74) is 2.69. The number of carbonyl (C=O) groups excluding carboxylic acids is 1. The molecule has 26 heavy (non-hydrogen) atoms. The second-order valence-electron chi connectivity index (χ2n) is 6.81. The third kappa shape index (κ3) is 4.20. The Balaban J connectivity index is 1.62. The highest BCUT2D eigenvalue weighted by molar-refractivity contribution is 5.94. The number of hydrogen-bond donors (Lipinski definition) is 2. The van der Waals surface area contributed by atoms with Crippen molar-refractivity contribution < 1.29 is 14.6 Å². The number of ether oxygens (including phenoxy) is 1. The Labute approximate surface area is 153 Å². The molecule has 6 nitrogen and oxygen atoms in total. The summed E-state index contributed by atoms with van der Waals surface area (Å²) >= 11 is 0. The minimum atomic E-state index is -0.171. The number of amides is 1. The van der Waals surface area contributed by atoms with Gasteiger partial charge in [-0.15, -0.1) is 0 Å². The predicted octanol–water partition coefficient (Wildman–Crippen LogP) is 1.97. The van der Waals surface area contributed by atoms with Gasteiger partial charge < -0.3 is 20.1 Å². The van der Waals surface area contributed by atoms with Crippen LogP contribution in [-0.4, -0.2) is 54.8 Å². The van der Waals surface area contributed by atoms with Crippen LogP contribution in [0.1, 0.15) is 39.9 Å². The molecular formula is C20H25N3O3. The highest BCUT2D eigenvalue weighted by Crippen LogP contribution is 2.39. The van der Waals surface area contributed by atoms with Gasteiger partial charge in [0.15, 0.2) is 0 Å². The predicted molar refractivity (Wildman–Crippen MR) is 99.4 cm³/mol. The van der Waals surface area contributed by atoms with Gasteiger partial charge in [0.1, 0.15) is 6.61 Å². The van der Waals surface area contributed by atoms with Crippen LogP contribution >= 0.6 is 0 Å². The highest BCUT2D eigenvalue weighted by Gasteiger charge is 2.31. The number of aromatic nitrogens is 1. The van der Waals surface area contributed by atoms with Gasteiger partial charge in [-0.05, 0) is 37.7 Å². The van der Waals surface area contributed by atoms with Crippen molar-refractivity contribution in [1.82, 2.24) is 15.2 Å². The van der Waals surface area contributed by atoms with Crippen molar-refractivity contribution in [2.75, 3.05) is 33.9 Å². The van der Waals surface area contributed by atoms with E-state index >= 15 is 0 Å². The van der Waals surface area contributed by atoms with Gasteiger partial charge >= 0.3 is 0 Å². The molecule has 1 heterocycles. The van der Waals surface area contributed by atoms with Crippen LogP contribution in [0, 0.1) is 0 Å². The summed E-state index contributed by atoms with van der Waals surface area (Å²) in [5, 5.41) is 12.6. The Morgan fingerprint density at radius 3 is 2.69 bits per heavy atom. The third-order valence-corrected chi connectivity index (χ3v) is 4.64. The molecule has 2 N–H and O–H groups in total. The zero-order valence-electron chi connectivity index (χ0n) is 15.2. The fourth-order valence-corrected chi connectivity index (χ4v) is 3.22. The molecule has 1 amide bonds. The molecule has 0 radical (unpaired) electrons. The molecule has 0 unspecified atom stereocenters. The lowest BCUT2D eigenvalue weighted by molar-refractivity contribution is 0.0933. The van der Waals surface area contributed by atoms with E-state index in [1.54, 1.807) is 12.1 Å². The first kappa shape index (κ1) is 18.4. The van der Waals surface area contributed by atoms with Gasteiger partial charge in [0.25, 0.3) is 5.91 Å². The number of aliphatic hydroxyl groups is 1. The van der Waals surface area contributed by atoms with E-state index < -0.39 is 0 Å². The molecule has 1 aliphatic rings. The Kier molecular flexibility index (Phi) is 5.85. The summed E-state index contributed by atoms with van der Waals surface area (Å²) in [6.07, 6.45) is 2.24. The molecule has 0 fully saturated rings. The number of carbonyl (C=O) groups is 1. The summed E-state index contributed by atoms with van der Waals surface area (Å²) in [6.45, 7) is 1.44. The van der Waals surface area contributed by atoms with Crippen molar-refractivity contribution >= 4 is 5.91 Å². The summed E-state index contributed by atoms with van der Waals surface area (Å²) in [5.74, 6) is 0.410. The topological polar surface area (TPSA) is 74.7 Å². The lowest BCUT2D eigenvalue weighted by atomic mass is 10.0. The van der Waals surface area contributed by atoms with Crippen LogP contribution < -0.4 is 10.1 Å². The molecule has 0 spiro atoms. The number of rotatable bonds is 7. The first-order valence-electron chi connectivity index (χ1n) is 8.82. The average molecular weight is 355 g/mol. The van der Waals surface area contributed by atoms with Crippen LogP contribution in [0.25, 0.3) is 0 Å². The van der Waals surface area contributed by atoms with E-state index in [9.17, 15) is 9.90 Å². The number of benzene rings is 1. The van der Waals surface area contributed by atoms with E-state index in [0.717, 1.165) is 17.7 Å². The second-order valence-corrected chi connectivity index (χ2v) is 6.81. The summed E-state index contributed by atoms with van der Waals surface area (Å²) in [4.78, 5) is 18.8. The zero-order valence-corrected chi connectivity index (χ0v) is 15.2. The van der Waals surface area contributed by atoms with Crippen molar-refractivity contribution in [3.63, 3.8) is 0 Å². The quantitative estimate of drug-likeness (QED) is 0.794. The third-order valence-electron chi connectivity index (χ3n) is 4.64. The maximum absolute atomic E-state index is 12.6. The van der Waals surface area contributed by atoms with Gasteiger partial charge in [-0.25, -0.2) is 4.98 Å². The molecule has 0 aliphatic heterocycles. The van der Waals surface area contributed by atoms with Crippen LogP contribution in [0.2, 0.25) is 0 Å². The van der Waals surface area contributed by atoms with E-state index in [1.807, 2.05) is 43.3 Å². The molecular weight excluding hydrogens is 330 g/mol. The number of hydrogen-bond acceptors (Lipinski definition) is 5. The van der Waals surface area contributed by atoms with Gasteiger partial charge in [0.05, 0.1) is 18.2 Å². The van der Waals surface area contributed by atoms with Crippen molar-refractivity contribution in [2.45, 2.75) is 18.4 Å². The van der Waals surface area contributed by atoms with Gasteiger partial charge in [-0.2, -0.15) is 0 Å². The summed E-state index contributed by atoms with van der Waals surface area (Å²) < 4.78 is 5.55. The van der Waals surface area contributed by atoms with Crippen LogP contribution in [0.15, 0.2) is 42.6 Å². The standard InChI is InChI=1S/C20H25N3O3/c1-23(2)9-10-26-19-8-7-14(12-21-19)20(25)22-18-11-15(13-24)16-5-3-4-6-17(16)18/h3-8,12,15,18,24H,9-11,13H2,1-2H3,(H,22,25)/t15-,18-/m1/s1. The molecule has 0 bridgehead atoms. The molecule has 138 valence electrons. The number of pyridine rings is 1. The number of likely N-dealkylation sites (N-methyl/N-ethyl adjacent to an activating group) is 1. The summed E-state index contributed by atoms with van der Waals surface area (Å²) in [6, 6.07) is 11.3. The van der Waals surface area contributed by atoms with E-state index in [0.29, 0.717) is 24.5 Å². The van der Waals surface area contributed by atoms with Crippen LogP contribution in [-0.2, 0) is 0 Å². The highest BCUT2D eigenvalue weighted by atomic mass is 16.5. The minimum Gasteiger partial charge on any atom is -0.476 e. The van der Waals surface area contributed by atoms with E-state index in [2.05, 4.69) is 10.3 Å². The molecule has 0 saturated carbocycles. The second kappa shape index (κ2) is 8.29. The molecule has 1 aromatic heterocycles. The van der Waals surface area contributed by atoms with Crippen LogP contribution in [0.4, 0.5) is 0 Å². The molecule has 1 aromatic carbocycles. The van der Waals surface area contributed by atoms with E-state index in [1.165, 1.54) is 6.20 Å². The van der Waals surface area contributed by atoms with Crippen LogP contribution in [0.5, 0.6) is 5.88 Å². The molecule has 2 aromatic rings. The van der Waals surface area contributed by atoms with Crippen molar-refractivity contribution in [3.05, 3.63) is 59.3 Å². The smallest absolute Gasteiger partial charge is 0.253 e. The zero-order chi connectivity index (χ0) is 18.5. The van der Waals surface area contributed by atoms with Gasteiger partial charge in [0, 0.05) is 24.7 Å². The minimum absolute atomic E-state index is 0.0714. The first-order valence-corrected chi connectivity index (χ1v) is 8.82. The van der Waals surface area contributed by atoms with Crippen molar-refractivity contribution in [3.8, 4) is 5.88 Å². The number of fused-ring (bicyclic) bond motifs is 1. The SMILES string of the molecule is CN(C)CCOc1ccc(C(=O)N[C@@H]2C[C@H](CO)c3ccccc32)cn1. The number of nitrogens with zero attached hydrogens (tertiary/aromatic N) is 2. The van der Waals surface area contributed by atoms with E-state index in [-0.39, 0.29) is 24.5 Å². The van der Waals surface area contributed by atoms with Gasteiger partial charge in [-0.1, -0.05) is 24.3 Å². The summed E-state index contributed by atoms with van der Waals surface area (Å²) in [7, 11) is 3.96. The van der Waals surface area contributed by atoms with Gasteiger partial charge in [0.2, 0.25) is 5.88 Å². The Hall–Kier alpha value is -2.44. The maximum Gasteiger partial charge on any atom is 0.253 e. The maximum atomic E-state index is 12.6. The fraction of sp³-hybridized carbons (Fsp3) is 0.400. The first-order chi connectivity index (χ1) is 12.6. The lowest BCUT2D eigenvalue weighted by Crippen LogP contribution is -2.27.